The summed E-state index contributed by atoms with van der Waals surface area (Å²) in [5.41, 5.74) is 4.59. The zero-order valence-corrected chi connectivity index (χ0v) is 39.2. The van der Waals surface area contributed by atoms with Gasteiger partial charge >= 0.3 is 6.09 Å². The Balaban J connectivity index is 1.34. The summed E-state index contributed by atoms with van der Waals surface area (Å²) in [4.78, 5) is 36.8. The van der Waals surface area contributed by atoms with Crippen LogP contribution in [0.25, 0.3) is 10.8 Å². The number of rotatable bonds is 22. The molecule has 6 atom stereocenters. The normalized spacial score (nSPS) is 23.7. The fourth-order valence-corrected chi connectivity index (χ4v) is 11.5. The average molecular weight is 912 g/mol. The van der Waals surface area contributed by atoms with Crippen molar-refractivity contribution >= 4 is 28.5 Å². The highest BCUT2D eigenvalue weighted by molar-refractivity contribution is 6.03. The zero-order valence-electron chi connectivity index (χ0n) is 39.2. The predicted octanol–water partition coefficient (Wildman–Crippen LogP) is 10.8. The van der Waals surface area contributed by atoms with E-state index in [0.717, 1.165) is 83.7 Å². The van der Waals surface area contributed by atoms with Crippen LogP contribution in [-0.4, -0.2) is 71.0 Å². The van der Waals surface area contributed by atoms with Gasteiger partial charge in [-0.1, -0.05) is 129 Å². The van der Waals surface area contributed by atoms with Gasteiger partial charge in [0.2, 0.25) is 11.7 Å². The molecule has 0 spiro atoms. The van der Waals surface area contributed by atoms with Crippen molar-refractivity contribution in [1.82, 2.24) is 10.2 Å². The van der Waals surface area contributed by atoms with Gasteiger partial charge in [-0.15, -0.1) is 6.58 Å². The molecular formula is C56H69N3O8. The van der Waals surface area contributed by atoms with Gasteiger partial charge in [0.1, 0.15) is 24.1 Å². The number of aliphatic hydroxyl groups excluding tert-OH is 2. The van der Waals surface area contributed by atoms with E-state index in [1.807, 2.05) is 66.4 Å². The Kier molecular flexibility index (Phi) is 16.5. The Morgan fingerprint density at radius 1 is 0.925 bits per heavy atom. The molecule has 11 nitrogen and oxygen atoms in total. The molecule has 0 aromatic heterocycles. The van der Waals surface area contributed by atoms with Gasteiger partial charge in [-0.2, -0.15) is 0 Å². The molecule has 4 aromatic rings. The van der Waals surface area contributed by atoms with Crippen LogP contribution in [0.1, 0.15) is 113 Å². The number of aliphatic hydroxyl groups is 2. The van der Waals surface area contributed by atoms with Gasteiger partial charge in [-0.3, -0.25) is 4.79 Å². The summed E-state index contributed by atoms with van der Waals surface area (Å²) in [7, 11) is 0. The van der Waals surface area contributed by atoms with Crippen LogP contribution in [0.2, 0.25) is 0 Å². The third-order valence-electron chi connectivity index (χ3n) is 14.6. The highest BCUT2D eigenvalue weighted by atomic mass is 16.7. The van der Waals surface area contributed by atoms with Crippen LogP contribution in [0, 0.1) is 23.7 Å². The molecule has 0 bridgehead atoms. The summed E-state index contributed by atoms with van der Waals surface area (Å²) in [6.45, 7) is 7.30. The molecule has 2 saturated carbocycles. The number of hydrogen-bond acceptors (Lipinski definition) is 9. The lowest BCUT2D eigenvalue weighted by Crippen LogP contribution is -2.70. The number of benzene rings is 4. The molecule has 4 aliphatic rings. The number of amides is 2. The van der Waals surface area contributed by atoms with Crippen LogP contribution in [-0.2, 0) is 27.5 Å². The van der Waals surface area contributed by atoms with Gasteiger partial charge in [0.05, 0.1) is 18.2 Å². The third kappa shape index (κ3) is 11.0. The highest BCUT2D eigenvalue weighted by Gasteiger charge is 2.65. The van der Waals surface area contributed by atoms with Crippen molar-refractivity contribution in [2.75, 3.05) is 26.4 Å². The number of carbonyl (C=O) groups is 2. The van der Waals surface area contributed by atoms with Gasteiger partial charge in [0.25, 0.3) is 0 Å². The lowest BCUT2D eigenvalue weighted by Gasteiger charge is -2.60. The number of allylic oxidation sites excluding steroid dienone is 1. The fraction of sp³-hybridized carbons (Fsp3) is 0.482. The SMILES string of the molecule is C=CCOC12Oc3ccc(OC(=O)NCC)cc3C3C(CCCCO)C(CCCCO)C=C(C(=NOCc4ccccc4)CC1N(Cc1cccc4ccccc14)C(=O)CCC1CCCC1)C32. The molecule has 4 aromatic carbocycles. The summed E-state index contributed by atoms with van der Waals surface area (Å²) in [5, 5.41) is 30.1. The summed E-state index contributed by atoms with van der Waals surface area (Å²) in [6, 6.07) is 29.5. The standard InChI is InChI=1S/C56H69N3O8/c1-3-33-64-56-51(59(52(62)30-27-39-17-8-9-18-39)37-43-24-16-23-41-21-10-11-25-45(41)43)36-49(58-65-38-40-19-6-5-7-20-40)47-34-42(22-12-14-31-60)46(26-13-15-32-61)53(54(47)56)48-35-44(28-29-50(48)67-56)66-55(63)57-4-2/h3,5-7,10-11,16,19-21,23-25,28-29,34-35,39,42,46,51,53-54,60-61H,1,4,8-9,12-15,17-18,22,26-27,30-33,36-38H2,2H3,(H,57,63). The van der Waals surface area contributed by atoms with Gasteiger partial charge in [-0.05, 0) is 102 Å². The first-order valence-electron chi connectivity index (χ1n) is 24.8. The molecule has 0 saturated heterocycles. The summed E-state index contributed by atoms with van der Waals surface area (Å²) in [6.07, 6.45) is 14.3. The minimum Gasteiger partial charge on any atom is -0.459 e. The first kappa shape index (κ1) is 48.0. The van der Waals surface area contributed by atoms with Crippen molar-refractivity contribution in [3.8, 4) is 11.5 Å². The second-order valence-corrected chi connectivity index (χ2v) is 18.8. The number of oxime groups is 1. The third-order valence-corrected chi connectivity index (χ3v) is 14.6. The van der Waals surface area contributed by atoms with E-state index in [1.165, 1.54) is 12.8 Å². The molecule has 356 valence electrons. The number of unbranched alkanes of at least 4 members (excludes halogenated alkanes) is 2. The topological polar surface area (TPSA) is 139 Å². The largest absolute Gasteiger partial charge is 0.459 e. The second kappa shape index (κ2) is 23.0. The van der Waals surface area contributed by atoms with Gasteiger partial charge in [-0.25, -0.2) is 4.79 Å². The van der Waals surface area contributed by atoms with Crippen molar-refractivity contribution in [2.45, 2.75) is 121 Å². The smallest absolute Gasteiger partial charge is 0.412 e. The minimum atomic E-state index is -1.42. The summed E-state index contributed by atoms with van der Waals surface area (Å²) < 4.78 is 20.7. The molecule has 0 radical (unpaired) electrons. The van der Waals surface area contributed by atoms with Gasteiger partial charge in [0.15, 0.2) is 0 Å². The molecule has 8 rings (SSSR count). The Hall–Kier alpha value is -5.49. The van der Waals surface area contributed by atoms with Crippen LogP contribution in [0.4, 0.5) is 4.79 Å². The van der Waals surface area contributed by atoms with Crippen molar-refractivity contribution in [3.05, 3.63) is 132 Å². The Labute approximate surface area is 396 Å². The molecule has 3 N–H and O–H groups in total. The van der Waals surface area contributed by atoms with Crippen LogP contribution < -0.4 is 14.8 Å². The number of nitrogens with zero attached hydrogens (tertiary/aromatic N) is 2. The van der Waals surface area contributed by atoms with E-state index in [2.05, 4.69) is 48.3 Å². The maximum absolute atomic E-state index is 15.5. The molecule has 11 heteroatoms. The first-order chi connectivity index (χ1) is 32.9. The van der Waals surface area contributed by atoms with Crippen LogP contribution in [0.15, 0.2) is 120 Å². The molecule has 1 heterocycles. The van der Waals surface area contributed by atoms with E-state index in [4.69, 9.17) is 24.2 Å². The second-order valence-electron chi connectivity index (χ2n) is 18.8. The number of ether oxygens (including phenoxy) is 3. The summed E-state index contributed by atoms with van der Waals surface area (Å²) in [5.74, 6) is -0.572. The van der Waals surface area contributed by atoms with Crippen molar-refractivity contribution in [1.29, 1.82) is 0 Å². The van der Waals surface area contributed by atoms with Crippen molar-refractivity contribution in [3.63, 3.8) is 0 Å². The van der Waals surface area contributed by atoms with Crippen LogP contribution in [0.3, 0.4) is 0 Å². The lowest BCUT2D eigenvalue weighted by molar-refractivity contribution is -0.258. The minimum absolute atomic E-state index is 0.0166. The molecule has 1 aliphatic heterocycles. The number of hydrogen-bond donors (Lipinski definition) is 3. The monoisotopic (exact) mass is 912 g/mol. The highest BCUT2D eigenvalue weighted by Crippen LogP contribution is 2.62. The average Bonchev–Trinajstić information content (AvgIpc) is 3.88. The maximum Gasteiger partial charge on any atom is 0.412 e. The van der Waals surface area contributed by atoms with Crippen LogP contribution in [0.5, 0.6) is 11.5 Å². The van der Waals surface area contributed by atoms with E-state index in [0.29, 0.717) is 56.2 Å². The number of nitrogens with one attached hydrogen (secondary N) is 1. The fourth-order valence-electron chi connectivity index (χ4n) is 11.5. The van der Waals surface area contributed by atoms with Gasteiger partial charge in [0, 0.05) is 50.6 Å². The Morgan fingerprint density at radius 2 is 1.69 bits per heavy atom. The van der Waals surface area contributed by atoms with Crippen LogP contribution >= 0.6 is 0 Å². The predicted molar refractivity (Wildman–Crippen MR) is 262 cm³/mol. The Morgan fingerprint density at radius 3 is 2.46 bits per heavy atom. The van der Waals surface area contributed by atoms with E-state index < -0.39 is 23.8 Å². The number of carbonyl (C=O) groups excluding carboxylic acids is 2. The van der Waals surface area contributed by atoms with E-state index in [9.17, 15) is 15.0 Å². The number of fused-ring (bicyclic) bond motifs is 3. The maximum atomic E-state index is 15.5. The quantitative estimate of drug-likeness (QED) is 0.0402. The van der Waals surface area contributed by atoms with E-state index in [-0.39, 0.29) is 50.1 Å². The Bertz CT molecular complexity index is 2360. The molecule has 67 heavy (non-hydrogen) atoms. The lowest BCUT2D eigenvalue weighted by atomic mass is 9.55. The molecule has 3 aliphatic carbocycles. The van der Waals surface area contributed by atoms with Crippen molar-refractivity contribution < 1.29 is 38.9 Å². The first-order valence-corrected chi connectivity index (χ1v) is 24.8. The zero-order chi connectivity index (χ0) is 46.6. The molecule has 2 amide bonds. The molecular weight excluding hydrogens is 843 g/mol. The van der Waals surface area contributed by atoms with Gasteiger partial charge < -0.3 is 39.5 Å². The van der Waals surface area contributed by atoms with E-state index >= 15 is 4.79 Å². The molecule has 2 fully saturated rings. The summed E-state index contributed by atoms with van der Waals surface area (Å²) >= 11 is 0. The van der Waals surface area contributed by atoms with E-state index in [1.54, 1.807) is 12.1 Å². The van der Waals surface area contributed by atoms with Crippen molar-refractivity contribution in [2.24, 2.45) is 28.8 Å². The molecule has 6 unspecified atom stereocenters.